The number of aliphatic hydroxyl groups excluding tert-OH is 2. The molecule has 1 aliphatic carbocycles. The summed E-state index contributed by atoms with van der Waals surface area (Å²) in [6.45, 7) is 5.87. The van der Waals surface area contributed by atoms with E-state index in [1.165, 1.54) is 0 Å². The van der Waals surface area contributed by atoms with Crippen molar-refractivity contribution in [3.63, 3.8) is 0 Å². The van der Waals surface area contributed by atoms with Crippen LogP contribution in [0.5, 0.6) is 0 Å². The number of hydrogen-bond acceptors (Lipinski definition) is 4. The van der Waals surface area contributed by atoms with Crippen molar-refractivity contribution < 1.29 is 20.4 Å². The predicted octanol–water partition coefficient (Wildman–Crippen LogP) is 1.98. The topological polar surface area (TPSA) is 80.9 Å². The number of aliphatic hydroxyl groups is 4. The molecular formula is C16H32O4. The second kappa shape index (κ2) is 7.21. The molecule has 0 aromatic rings. The van der Waals surface area contributed by atoms with Gasteiger partial charge in [-0.3, -0.25) is 0 Å². The molecule has 4 heteroatoms. The Bertz CT molecular complexity index is 296. The first-order chi connectivity index (χ1) is 9.30. The summed E-state index contributed by atoms with van der Waals surface area (Å²) in [5.41, 5.74) is -1.46. The van der Waals surface area contributed by atoms with E-state index in [-0.39, 0.29) is 5.92 Å². The van der Waals surface area contributed by atoms with Gasteiger partial charge in [0.15, 0.2) is 0 Å². The smallest absolute Gasteiger partial charge is 0.0800 e. The monoisotopic (exact) mass is 288 g/mol. The van der Waals surface area contributed by atoms with Gasteiger partial charge >= 0.3 is 0 Å². The van der Waals surface area contributed by atoms with Crippen LogP contribution in [-0.4, -0.2) is 43.8 Å². The Hall–Kier alpha value is -0.160. The summed E-state index contributed by atoms with van der Waals surface area (Å²) in [7, 11) is 0. The third kappa shape index (κ3) is 4.17. The highest BCUT2D eigenvalue weighted by Gasteiger charge is 2.45. The van der Waals surface area contributed by atoms with Crippen LogP contribution in [0.15, 0.2) is 0 Å². The van der Waals surface area contributed by atoms with E-state index in [4.69, 9.17) is 0 Å². The Morgan fingerprint density at radius 1 is 1.05 bits per heavy atom. The molecule has 1 rings (SSSR count). The first kappa shape index (κ1) is 17.9. The Kier molecular flexibility index (Phi) is 6.45. The average Bonchev–Trinajstić information content (AvgIpc) is 2.46. The highest BCUT2D eigenvalue weighted by Crippen LogP contribution is 2.44. The molecule has 0 amide bonds. The van der Waals surface area contributed by atoms with Gasteiger partial charge in [0.05, 0.1) is 23.4 Å². The van der Waals surface area contributed by atoms with Crippen LogP contribution in [0, 0.1) is 5.92 Å². The molecule has 0 aliphatic heterocycles. The lowest BCUT2D eigenvalue weighted by Gasteiger charge is -2.47. The molecule has 0 aromatic heterocycles. The third-order valence-electron chi connectivity index (χ3n) is 5.28. The highest BCUT2D eigenvalue weighted by molar-refractivity contribution is 4.98. The van der Waals surface area contributed by atoms with Crippen molar-refractivity contribution in [1.82, 2.24) is 0 Å². The standard InChI is InChI=1S/C16H32O4/c1-4-12-11-15(19,9-10-16(12,20)6-3)8-7-14(18)13(17)5-2/h12-14,17-20H,4-11H2,1-3H3. The maximum absolute atomic E-state index is 10.7. The Balaban J connectivity index is 2.58. The van der Waals surface area contributed by atoms with Crippen LogP contribution in [0.2, 0.25) is 0 Å². The first-order valence-electron chi connectivity index (χ1n) is 8.11. The zero-order chi connectivity index (χ0) is 15.4. The van der Waals surface area contributed by atoms with Gasteiger partial charge in [0.25, 0.3) is 0 Å². The Morgan fingerprint density at radius 2 is 1.70 bits per heavy atom. The molecule has 4 N–H and O–H groups in total. The van der Waals surface area contributed by atoms with Gasteiger partial charge in [-0.05, 0) is 50.9 Å². The second-order valence-electron chi connectivity index (χ2n) is 6.57. The van der Waals surface area contributed by atoms with Gasteiger partial charge in [-0.15, -0.1) is 0 Å². The van der Waals surface area contributed by atoms with Crippen molar-refractivity contribution in [2.24, 2.45) is 5.92 Å². The largest absolute Gasteiger partial charge is 0.390 e. The van der Waals surface area contributed by atoms with Crippen molar-refractivity contribution in [3.05, 3.63) is 0 Å². The van der Waals surface area contributed by atoms with E-state index in [0.717, 1.165) is 12.8 Å². The molecule has 0 spiro atoms. The van der Waals surface area contributed by atoms with Crippen LogP contribution in [0.1, 0.15) is 72.1 Å². The van der Waals surface area contributed by atoms with Crippen molar-refractivity contribution in [1.29, 1.82) is 0 Å². The van der Waals surface area contributed by atoms with Crippen LogP contribution in [0.4, 0.5) is 0 Å². The molecule has 1 fully saturated rings. The molecule has 120 valence electrons. The van der Waals surface area contributed by atoms with E-state index < -0.39 is 23.4 Å². The lowest BCUT2D eigenvalue weighted by atomic mass is 9.65. The van der Waals surface area contributed by atoms with Gasteiger partial charge in [0.1, 0.15) is 0 Å². The van der Waals surface area contributed by atoms with E-state index in [1.807, 2.05) is 20.8 Å². The molecule has 0 heterocycles. The maximum atomic E-state index is 10.7. The van der Waals surface area contributed by atoms with Crippen molar-refractivity contribution in [3.8, 4) is 0 Å². The molecule has 1 aliphatic rings. The number of rotatable bonds is 7. The average molecular weight is 288 g/mol. The van der Waals surface area contributed by atoms with E-state index in [1.54, 1.807) is 0 Å². The minimum absolute atomic E-state index is 0.111. The fourth-order valence-electron chi connectivity index (χ4n) is 3.50. The third-order valence-corrected chi connectivity index (χ3v) is 5.28. The van der Waals surface area contributed by atoms with Crippen molar-refractivity contribution in [2.45, 2.75) is 95.5 Å². The molecule has 20 heavy (non-hydrogen) atoms. The first-order valence-corrected chi connectivity index (χ1v) is 8.11. The van der Waals surface area contributed by atoms with Crippen molar-refractivity contribution in [2.75, 3.05) is 0 Å². The lowest BCUT2D eigenvalue weighted by Crippen LogP contribution is -2.49. The summed E-state index contributed by atoms with van der Waals surface area (Å²) >= 11 is 0. The van der Waals surface area contributed by atoms with Crippen LogP contribution in [0.25, 0.3) is 0 Å². The van der Waals surface area contributed by atoms with Gasteiger partial charge < -0.3 is 20.4 Å². The number of hydrogen-bond donors (Lipinski definition) is 4. The molecule has 5 unspecified atom stereocenters. The minimum atomic E-state index is -0.809. The van der Waals surface area contributed by atoms with E-state index in [9.17, 15) is 20.4 Å². The summed E-state index contributed by atoms with van der Waals surface area (Å²) < 4.78 is 0. The maximum Gasteiger partial charge on any atom is 0.0800 e. The van der Waals surface area contributed by atoms with Gasteiger partial charge in [0.2, 0.25) is 0 Å². The Morgan fingerprint density at radius 3 is 2.20 bits per heavy atom. The zero-order valence-corrected chi connectivity index (χ0v) is 13.2. The summed E-state index contributed by atoms with van der Waals surface area (Å²) in [5, 5.41) is 40.7. The summed E-state index contributed by atoms with van der Waals surface area (Å²) in [6.07, 6.45) is 3.29. The normalized spacial score (nSPS) is 37.6. The fraction of sp³-hybridized carbons (Fsp3) is 1.00. The zero-order valence-electron chi connectivity index (χ0n) is 13.2. The van der Waals surface area contributed by atoms with Gasteiger partial charge in [-0.1, -0.05) is 27.2 Å². The molecule has 4 nitrogen and oxygen atoms in total. The summed E-state index contributed by atoms with van der Waals surface area (Å²) in [4.78, 5) is 0. The van der Waals surface area contributed by atoms with E-state index in [2.05, 4.69) is 0 Å². The minimum Gasteiger partial charge on any atom is -0.390 e. The van der Waals surface area contributed by atoms with E-state index >= 15 is 0 Å². The molecule has 0 radical (unpaired) electrons. The molecule has 0 bridgehead atoms. The predicted molar refractivity (Wildman–Crippen MR) is 79.4 cm³/mol. The summed E-state index contributed by atoms with van der Waals surface area (Å²) in [5.74, 6) is 0.111. The van der Waals surface area contributed by atoms with E-state index in [0.29, 0.717) is 38.5 Å². The SMILES string of the molecule is CCC(O)C(O)CCC1(O)CCC(O)(CC)C(CC)C1. The second-order valence-corrected chi connectivity index (χ2v) is 6.57. The lowest BCUT2D eigenvalue weighted by molar-refractivity contribution is -0.130. The van der Waals surface area contributed by atoms with Gasteiger partial charge in [0, 0.05) is 0 Å². The van der Waals surface area contributed by atoms with Gasteiger partial charge in [-0.2, -0.15) is 0 Å². The van der Waals surface area contributed by atoms with Crippen LogP contribution in [0.3, 0.4) is 0 Å². The van der Waals surface area contributed by atoms with Crippen LogP contribution >= 0.6 is 0 Å². The van der Waals surface area contributed by atoms with Crippen LogP contribution in [-0.2, 0) is 0 Å². The Labute approximate surface area is 122 Å². The molecular weight excluding hydrogens is 256 g/mol. The quantitative estimate of drug-likeness (QED) is 0.577. The molecule has 5 atom stereocenters. The molecule has 0 aromatic carbocycles. The van der Waals surface area contributed by atoms with Gasteiger partial charge in [-0.25, -0.2) is 0 Å². The van der Waals surface area contributed by atoms with Crippen LogP contribution < -0.4 is 0 Å². The molecule has 1 saturated carbocycles. The van der Waals surface area contributed by atoms with Crippen molar-refractivity contribution >= 4 is 0 Å². The fourth-order valence-corrected chi connectivity index (χ4v) is 3.50. The summed E-state index contributed by atoms with van der Waals surface area (Å²) in [6, 6.07) is 0. The molecule has 0 saturated heterocycles. The highest BCUT2D eigenvalue weighted by atomic mass is 16.3.